The summed E-state index contributed by atoms with van der Waals surface area (Å²) in [5, 5.41) is 5.80. The number of pyridine rings is 1. The molecular formula is C13H8Br2N2O. The summed E-state index contributed by atoms with van der Waals surface area (Å²) in [6.07, 6.45) is 1.78. The van der Waals surface area contributed by atoms with Crippen LogP contribution in [0.2, 0.25) is 0 Å². The van der Waals surface area contributed by atoms with Gasteiger partial charge in [-0.3, -0.25) is 4.98 Å². The highest BCUT2D eigenvalue weighted by atomic mass is 79.9. The van der Waals surface area contributed by atoms with Gasteiger partial charge in [-0.2, -0.15) is 0 Å². The standard InChI is InChI=1S/C13H8Br2N2O/c14-7-8-6-12(17-18-8)10-3-4-11(15)9-2-1-5-16-13(9)10/h1-6H,7H2. The maximum absolute atomic E-state index is 5.21. The highest BCUT2D eigenvalue weighted by Gasteiger charge is 2.11. The van der Waals surface area contributed by atoms with Crippen LogP contribution in [0.3, 0.4) is 0 Å². The summed E-state index contributed by atoms with van der Waals surface area (Å²) in [5.74, 6) is 0.803. The molecule has 0 fully saturated rings. The van der Waals surface area contributed by atoms with Crippen LogP contribution in [0.4, 0.5) is 0 Å². The zero-order chi connectivity index (χ0) is 12.5. The van der Waals surface area contributed by atoms with E-state index in [2.05, 4.69) is 42.0 Å². The number of fused-ring (bicyclic) bond motifs is 1. The van der Waals surface area contributed by atoms with E-state index in [0.29, 0.717) is 5.33 Å². The van der Waals surface area contributed by atoms with Crippen molar-refractivity contribution in [1.82, 2.24) is 10.1 Å². The maximum atomic E-state index is 5.21. The smallest absolute Gasteiger partial charge is 0.147 e. The van der Waals surface area contributed by atoms with Crippen LogP contribution in [0.15, 0.2) is 45.5 Å². The Morgan fingerprint density at radius 3 is 2.89 bits per heavy atom. The van der Waals surface area contributed by atoms with Gasteiger partial charge in [0.25, 0.3) is 0 Å². The Balaban J connectivity index is 2.26. The van der Waals surface area contributed by atoms with Crippen LogP contribution in [0.1, 0.15) is 5.76 Å². The highest BCUT2D eigenvalue weighted by molar-refractivity contribution is 9.10. The van der Waals surface area contributed by atoms with E-state index in [0.717, 1.165) is 32.4 Å². The molecule has 18 heavy (non-hydrogen) atoms. The van der Waals surface area contributed by atoms with Crippen LogP contribution in [0, 0.1) is 0 Å². The molecule has 0 saturated carbocycles. The van der Waals surface area contributed by atoms with E-state index in [9.17, 15) is 0 Å². The zero-order valence-corrected chi connectivity index (χ0v) is 12.4. The van der Waals surface area contributed by atoms with E-state index in [1.165, 1.54) is 0 Å². The molecule has 5 heteroatoms. The van der Waals surface area contributed by atoms with Gasteiger partial charge in [0.1, 0.15) is 11.5 Å². The Morgan fingerprint density at radius 2 is 2.11 bits per heavy atom. The second kappa shape index (κ2) is 4.82. The van der Waals surface area contributed by atoms with Gasteiger partial charge in [-0.15, -0.1) is 0 Å². The first-order valence-electron chi connectivity index (χ1n) is 5.35. The molecule has 0 saturated heterocycles. The van der Waals surface area contributed by atoms with Crippen molar-refractivity contribution in [3.8, 4) is 11.3 Å². The summed E-state index contributed by atoms with van der Waals surface area (Å²) in [4.78, 5) is 4.43. The van der Waals surface area contributed by atoms with Crippen LogP contribution in [0.25, 0.3) is 22.2 Å². The Kier molecular flexibility index (Phi) is 3.18. The van der Waals surface area contributed by atoms with Gasteiger partial charge < -0.3 is 4.52 Å². The van der Waals surface area contributed by atoms with Crippen molar-refractivity contribution in [2.45, 2.75) is 5.33 Å². The molecule has 0 radical (unpaired) electrons. The lowest BCUT2D eigenvalue weighted by molar-refractivity contribution is 0.398. The van der Waals surface area contributed by atoms with E-state index in [-0.39, 0.29) is 0 Å². The van der Waals surface area contributed by atoms with Crippen molar-refractivity contribution in [3.63, 3.8) is 0 Å². The predicted molar refractivity (Wildman–Crippen MR) is 77.6 cm³/mol. The Morgan fingerprint density at radius 1 is 1.22 bits per heavy atom. The van der Waals surface area contributed by atoms with Crippen LogP contribution in [0.5, 0.6) is 0 Å². The van der Waals surface area contributed by atoms with Crippen LogP contribution >= 0.6 is 31.9 Å². The monoisotopic (exact) mass is 366 g/mol. The first kappa shape index (κ1) is 11.9. The molecule has 0 N–H and O–H groups in total. The van der Waals surface area contributed by atoms with E-state index >= 15 is 0 Å². The van der Waals surface area contributed by atoms with Crippen molar-refractivity contribution >= 4 is 42.8 Å². The molecule has 0 bridgehead atoms. The van der Waals surface area contributed by atoms with Crippen molar-refractivity contribution in [1.29, 1.82) is 0 Å². The van der Waals surface area contributed by atoms with Gasteiger partial charge in [0.05, 0.1) is 10.8 Å². The van der Waals surface area contributed by atoms with Gasteiger partial charge in [0, 0.05) is 27.7 Å². The van der Waals surface area contributed by atoms with Gasteiger partial charge in [-0.1, -0.05) is 43.1 Å². The Labute approximate surface area is 120 Å². The first-order valence-corrected chi connectivity index (χ1v) is 7.26. The van der Waals surface area contributed by atoms with Crippen LogP contribution < -0.4 is 0 Å². The van der Waals surface area contributed by atoms with Crippen LogP contribution in [-0.4, -0.2) is 10.1 Å². The summed E-state index contributed by atoms with van der Waals surface area (Å²) in [6, 6.07) is 9.87. The third-order valence-corrected chi connectivity index (χ3v) is 3.93. The molecule has 90 valence electrons. The number of hydrogen-bond donors (Lipinski definition) is 0. The van der Waals surface area contributed by atoms with Gasteiger partial charge in [0.2, 0.25) is 0 Å². The first-order chi connectivity index (χ1) is 8.79. The third kappa shape index (κ3) is 1.97. The topological polar surface area (TPSA) is 38.9 Å². The fraction of sp³-hybridized carbons (Fsp3) is 0.0769. The maximum Gasteiger partial charge on any atom is 0.147 e. The average Bonchev–Trinajstić information content (AvgIpc) is 2.88. The molecule has 0 atom stereocenters. The lowest BCUT2D eigenvalue weighted by atomic mass is 10.1. The van der Waals surface area contributed by atoms with Gasteiger partial charge in [0.15, 0.2) is 0 Å². The molecule has 1 aromatic carbocycles. The largest absolute Gasteiger partial charge is 0.360 e. The molecule has 0 amide bonds. The fourth-order valence-electron chi connectivity index (χ4n) is 1.85. The minimum atomic E-state index is 0.655. The number of benzene rings is 1. The number of halogens is 2. The SMILES string of the molecule is BrCc1cc(-c2ccc(Br)c3cccnc23)no1. The van der Waals surface area contributed by atoms with Gasteiger partial charge in [-0.25, -0.2) is 0 Å². The molecule has 3 aromatic rings. The van der Waals surface area contributed by atoms with Crippen molar-refractivity contribution in [2.24, 2.45) is 0 Å². The second-order valence-electron chi connectivity index (χ2n) is 3.81. The molecule has 0 aliphatic carbocycles. The lowest BCUT2D eigenvalue weighted by Gasteiger charge is -2.04. The van der Waals surface area contributed by atoms with Crippen LogP contribution in [-0.2, 0) is 5.33 Å². The Hall–Kier alpha value is -1.20. The van der Waals surface area contributed by atoms with E-state index in [1.807, 2.05) is 30.3 Å². The van der Waals surface area contributed by atoms with Crippen molar-refractivity contribution in [2.75, 3.05) is 0 Å². The van der Waals surface area contributed by atoms with Gasteiger partial charge in [-0.05, 0) is 18.2 Å². The number of hydrogen-bond acceptors (Lipinski definition) is 3. The normalized spacial score (nSPS) is 11.0. The van der Waals surface area contributed by atoms with E-state index < -0.39 is 0 Å². The number of nitrogens with zero attached hydrogens (tertiary/aromatic N) is 2. The third-order valence-electron chi connectivity index (χ3n) is 2.68. The second-order valence-corrected chi connectivity index (χ2v) is 5.22. The molecule has 2 heterocycles. The minimum absolute atomic E-state index is 0.655. The highest BCUT2D eigenvalue weighted by Crippen LogP contribution is 2.31. The number of alkyl halides is 1. The van der Waals surface area contributed by atoms with Gasteiger partial charge >= 0.3 is 0 Å². The molecule has 0 aliphatic rings. The van der Waals surface area contributed by atoms with E-state index in [1.54, 1.807) is 6.20 Å². The number of aromatic nitrogens is 2. The summed E-state index contributed by atoms with van der Waals surface area (Å²) < 4.78 is 6.24. The van der Waals surface area contributed by atoms with Crippen molar-refractivity contribution in [3.05, 3.63) is 46.8 Å². The fourth-order valence-corrected chi connectivity index (χ4v) is 2.56. The summed E-state index contributed by atoms with van der Waals surface area (Å²) in [6.45, 7) is 0. The molecule has 0 spiro atoms. The zero-order valence-electron chi connectivity index (χ0n) is 9.23. The van der Waals surface area contributed by atoms with Crippen molar-refractivity contribution < 1.29 is 4.52 Å². The molecule has 0 unspecified atom stereocenters. The summed E-state index contributed by atoms with van der Waals surface area (Å²) in [5.41, 5.74) is 2.70. The van der Waals surface area contributed by atoms with E-state index in [4.69, 9.17) is 4.52 Å². The molecule has 3 rings (SSSR count). The molecule has 0 aliphatic heterocycles. The number of rotatable bonds is 2. The summed E-state index contributed by atoms with van der Waals surface area (Å²) >= 11 is 6.88. The average molecular weight is 368 g/mol. The molecule has 2 aromatic heterocycles. The minimum Gasteiger partial charge on any atom is -0.360 e. The predicted octanol–water partition coefficient (Wildman–Crippen LogP) is 4.55. The quantitative estimate of drug-likeness (QED) is 0.624. The molecular weight excluding hydrogens is 360 g/mol. The summed E-state index contributed by atoms with van der Waals surface area (Å²) in [7, 11) is 0. The Bertz CT molecular complexity index is 709. The molecule has 3 nitrogen and oxygen atoms in total. The lowest BCUT2D eigenvalue weighted by Crippen LogP contribution is -1.85.